The maximum atomic E-state index is 5.63. The number of nitrogens with two attached hydrogens (primary N) is 1. The van der Waals surface area contributed by atoms with Gasteiger partial charge in [-0.2, -0.15) is 0 Å². The van der Waals surface area contributed by atoms with E-state index in [9.17, 15) is 0 Å². The molecule has 2 atom stereocenters. The van der Waals surface area contributed by atoms with Gasteiger partial charge in [-0.1, -0.05) is 18.6 Å². The van der Waals surface area contributed by atoms with Gasteiger partial charge in [-0.15, -0.1) is 0 Å². The molecule has 2 heterocycles. The molecule has 0 saturated carbocycles. The molecule has 0 spiro atoms. The van der Waals surface area contributed by atoms with Crippen LogP contribution in [0.3, 0.4) is 0 Å². The standard InChI is InChI=1S/C12H23N3S/c1-10(8-12(13)16)15-7-6-14-5-3-2-4-11(14)9-15/h10-11H,2-9H2,1H3,(H2,13,16). The molecule has 0 radical (unpaired) electrons. The van der Waals surface area contributed by atoms with Crippen LogP contribution in [0.25, 0.3) is 0 Å². The molecule has 2 rings (SSSR count). The lowest BCUT2D eigenvalue weighted by atomic mass is 9.98. The molecule has 3 nitrogen and oxygen atoms in total. The summed E-state index contributed by atoms with van der Waals surface area (Å²) >= 11 is 5.00. The first kappa shape index (κ1) is 12.3. The number of rotatable bonds is 3. The number of thiocarbonyl (C=S) groups is 1. The Morgan fingerprint density at radius 2 is 2.19 bits per heavy atom. The van der Waals surface area contributed by atoms with Crippen molar-refractivity contribution in [2.45, 2.75) is 44.7 Å². The first-order valence-corrected chi connectivity index (χ1v) is 6.84. The van der Waals surface area contributed by atoms with Gasteiger partial charge in [0.1, 0.15) is 0 Å². The lowest BCUT2D eigenvalue weighted by molar-refractivity contribution is 0.0326. The SMILES string of the molecule is CC(CC(N)=S)N1CCN2CCCCC2C1. The van der Waals surface area contributed by atoms with Crippen molar-refractivity contribution in [1.29, 1.82) is 0 Å². The Bertz CT molecular complexity index is 257. The summed E-state index contributed by atoms with van der Waals surface area (Å²) in [5, 5.41) is 0. The fraction of sp³-hybridized carbons (Fsp3) is 0.917. The Labute approximate surface area is 104 Å². The zero-order valence-corrected chi connectivity index (χ0v) is 11.0. The van der Waals surface area contributed by atoms with Crippen molar-refractivity contribution >= 4 is 17.2 Å². The van der Waals surface area contributed by atoms with Gasteiger partial charge in [-0.3, -0.25) is 9.80 Å². The smallest absolute Gasteiger partial charge is 0.0742 e. The van der Waals surface area contributed by atoms with Crippen LogP contribution in [0.15, 0.2) is 0 Å². The minimum absolute atomic E-state index is 0.515. The third kappa shape index (κ3) is 2.93. The molecular formula is C12H23N3S. The van der Waals surface area contributed by atoms with E-state index in [1.54, 1.807) is 0 Å². The van der Waals surface area contributed by atoms with Crippen LogP contribution in [0, 0.1) is 0 Å². The summed E-state index contributed by atoms with van der Waals surface area (Å²) in [5.41, 5.74) is 5.63. The zero-order valence-electron chi connectivity index (χ0n) is 10.2. The molecular weight excluding hydrogens is 218 g/mol. The third-order valence-corrected chi connectivity index (χ3v) is 4.16. The average molecular weight is 241 g/mol. The van der Waals surface area contributed by atoms with Crippen molar-refractivity contribution in [3.63, 3.8) is 0 Å². The Morgan fingerprint density at radius 1 is 1.38 bits per heavy atom. The second-order valence-corrected chi connectivity index (χ2v) is 5.72. The quantitative estimate of drug-likeness (QED) is 0.753. The summed E-state index contributed by atoms with van der Waals surface area (Å²) < 4.78 is 0. The third-order valence-electron chi connectivity index (χ3n) is 3.99. The summed E-state index contributed by atoms with van der Waals surface area (Å²) in [7, 11) is 0. The van der Waals surface area contributed by atoms with Crippen LogP contribution in [0.4, 0.5) is 0 Å². The van der Waals surface area contributed by atoms with E-state index in [1.807, 2.05) is 0 Å². The maximum absolute atomic E-state index is 5.63. The molecule has 92 valence electrons. The topological polar surface area (TPSA) is 32.5 Å². The van der Waals surface area contributed by atoms with E-state index in [0.29, 0.717) is 11.0 Å². The van der Waals surface area contributed by atoms with E-state index < -0.39 is 0 Å². The summed E-state index contributed by atoms with van der Waals surface area (Å²) in [5.74, 6) is 0. The monoisotopic (exact) mass is 241 g/mol. The Balaban J connectivity index is 1.86. The van der Waals surface area contributed by atoms with E-state index in [1.165, 1.54) is 45.4 Å². The lowest BCUT2D eigenvalue weighted by Crippen LogP contribution is -2.57. The van der Waals surface area contributed by atoms with Crippen LogP contribution in [0.2, 0.25) is 0 Å². The van der Waals surface area contributed by atoms with Gasteiger partial charge in [0, 0.05) is 38.1 Å². The minimum atomic E-state index is 0.515. The van der Waals surface area contributed by atoms with E-state index in [-0.39, 0.29) is 0 Å². The molecule has 2 fully saturated rings. The predicted octanol–water partition coefficient (Wildman–Crippen LogP) is 1.22. The van der Waals surface area contributed by atoms with Crippen molar-refractivity contribution < 1.29 is 0 Å². The Hall–Kier alpha value is -0.190. The van der Waals surface area contributed by atoms with Gasteiger partial charge in [0.15, 0.2) is 0 Å². The first-order chi connectivity index (χ1) is 7.66. The van der Waals surface area contributed by atoms with E-state index in [4.69, 9.17) is 18.0 Å². The Kier molecular flexibility index (Phi) is 4.16. The summed E-state index contributed by atoms with van der Waals surface area (Å²) in [4.78, 5) is 5.87. The maximum Gasteiger partial charge on any atom is 0.0742 e. The molecule has 16 heavy (non-hydrogen) atoms. The predicted molar refractivity (Wildman–Crippen MR) is 71.6 cm³/mol. The molecule has 0 aromatic carbocycles. The van der Waals surface area contributed by atoms with Crippen molar-refractivity contribution in [3.05, 3.63) is 0 Å². The van der Waals surface area contributed by atoms with Gasteiger partial charge in [-0.05, 0) is 26.3 Å². The van der Waals surface area contributed by atoms with Crippen LogP contribution in [0.5, 0.6) is 0 Å². The minimum Gasteiger partial charge on any atom is -0.393 e. The van der Waals surface area contributed by atoms with Crippen LogP contribution in [-0.4, -0.2) is 53.1 Å². The second-order valence-electron chi connectivity index (χ2n) is 5.20. The largest absolute Gasteiger partial charge is 0.393 e. The highest BCUT2D eigenvalue weighted by Gasteiger charge is 2.30. The first-order valence-electron chi connectivity index (χ1n) is 6.43. The molecule has 0 amide bonds. The molecule has 2 aliphatic heterocycles. The molecule has 0 aromatic heterocycles. The highest BCUT2D eigenvalue weighted by atomic mass is 32.1. The molecule has 2 saturated heterocycles. The zero-order chi connectivity index (χ0) is 11.5. The van der Waals surface area contributed by atoms with Gasteiger partial charge in [0.05, 0.1) is 4.99 Å². The molecule has 2 aliphatic rings. The number of nitrogens with zero attached hydrogens (tertiary/aromatic N) is 2. The Morgan fingerprint density at radius 3 is 2.94 bits per heavy atom. The van der Waals surface area contributed by atoms with Crippen LogP contribution >= 0.6 is 12.2 Å². The van der Waals surface area contributed by atoms with Crippen molar-refractivity contribution in [3.8, 4) is 0 Å². The number of piperazine rings is 1. The number of hydrogen-bond donors (Lipinski definition) is 1. The molecule has 2 unspecified atom stereocenters. The van der Waals surface area contributed by atoms with E-state index in [0.717, 1.165) is 12.5 Å². The summed E-state index contributed by atoms with van der Waals surface area (Å²) in [6, 6.07) is 1.30. The highest BCUT2D eigenvalue weighted by molar-refractivity contribution is 7.80. The van der Waals surface area contributed by atoms with Gasteiger partial charge >= 0.3 is 0 Å². The molecule has 0 aromatic rings. The number of fused-ring (bicyclic) bond motifs is 1. The normalized spacial score (nSPS) is 29.7. The summed E-state index contributed by atoms with van der Waals surface area (Å²) in [6.45, 7) is 7.18. The van der Waals surface area contributed by atoms with Gasteiger partial charge in [0.25, 0.3) is 0 Å². The molecule has 0 bridgehead atoms. The van der Waals surface area contributed by atoms with Gasteiger partial charge in [-0.25, -0.2) is 0 Å². The van der Waals surface area contributed by atoms with Crippen molar-refractivity contribution in [1.82, 2.24) is 9.80 Å². The second kappa shape index (κ2) is 5.43. The fourth-order valence-corrected chi connectivity index (χ4v) is 3.24. The van der Waals surface area contributed by atoms with Crippen LogP contribution in [-0.2, 0) is 0 Å². The van der Waals surface area contributed by atoms with Crippen molar-refractivity contribution in [2.75, 3.05) is 26.2 Å². The molecule has 0 aliphatic carbocycles. The van der Waals surface area contributed by atoms with Crippen LogP contribution < -0.4 is 5.73 Å². The fourth-order valence-electron chi connectivity index (χ4n) is 3.00. The number of piperidine rings is 1. The highest BCUT2D eigenvalue weighted by Crippen LogP contribution is 2.22. The number of hydrogen-bond acceptors (Lipinski definition) is 3. The van der Waals surface area contributed by atoms with Crippen LogP contribution in [0.1, 0.15) is 32.6 Å². The van der Waals surface area contributed by atoms with E-state index >= 15 is 0 Å². The van der Waals surface area contributed by atoms with Gasteiger partial charge in [0.2, 0.25) is 0 Å². The summed E-state index contributed by atoms with van der Waals surface area (Å²) in [6.07, 6.45) is 5.02. The average Bonchev–Trinajstić information content (AvgIpc) is 2.27. The van der Waals surface area contributed by atoms with E-state index in [2.05, 4.69) is 16.7 Å². The molecule has 2 N–H and O–H groups in total. The van der Waals surface area contributed by atoms with Crippen molar-refractivity contribution in [2.24, 2.45) is 5.73 Å². The lowest BCUT2D eigenvalue weighted by Gasteiger charge is -2.46. The van der Waals surface area contributed by atoms with Gasteiger partial charge < -0.3 is 5.73 Å². The molecule has 4 heteroatoms.